The van der Waals surface area contributed by atoms with Gasteiger partial charge in [0.05, 0.1) is 28.9 Å². The van der Waals surface area contributed by atoms with Crippen LogP contribution in [0.1, 0.15) is 32.6 Å². The smallest absolute Gasteiger partial charge is 0.327 e. The molecule has 6 heteroatoms. The van der Waals surface area contributed by atoms with E-state index in [9.17, 15) is 9.59 Å². The fraction of sp³-hybridized carbons (Fsp3) is 0.636. The Hall–Kier alpha value is -0.810. The Bertz CT molecular complexity index is 314. The minimum Gasteiger partial charge on any atom is -0.480 e. The summed E-state index contributed by atoms with van der Waals surface area (Å²) in [6.07, 6.45) is 7.21. The van der Waals surface area contributed by atoms with Crippen LogP contribution in [0.5, 0.6) is 0 Å². The topological polar surface area (TPSA) is 83.6 Å². The number of rotatable bonds is 7. The first-order valence-corrected chi connectivity index (χ1v) is 6.32. The van der Waals surface area contributed by atoms with Gasteiger partial charge in [-0.3, -0.25) is 7.91 Å². The van der Waals surface area contributed by atoms with E-state index in [2.05, 4.69) is 5.92 Å². The van der Waals surface area contributed by atoms with Crippen LogP contribution in [-0.2, 0) is 9.59 Å². The molecule has 0 aromatic rings. The minimum atomic E-state index is -1.02. The zero-order valence-corrected chi connectivity index (χ0v) is 11.9. The van der Waals surface area contributed by atoms with Crippen molar-refractivity contribution in [2.45, 2.75) is 44.7 Å². The normalized spacial score (nSPS) is 13.5. The average Bonchev–Trinajstić information content (AvgIpc) is 2.28. The molecule has 0 aliphatic rings. The fourth-order valence-electron chi connectivity index (χ4n) is 1.26. The summed E-state index contributed by atoms with van der Waals surface area (Å²) in [4.78, 5) is 22.8. The van der Waals surface area contributed by atoms with E-state index in [1.165, 1.54) is 0 Å². The van der Waals surface area contributed by atoms with Gasteiger partial charge < -0.3 is 10.8 Å². The molecular weight excluding hydrogens is 335 g/mol. The van der Waals surface area contributed by atoms with Gasteiger partial charge in [0.15, 0.2) is 0 Å². The van der Waals surface area contributed by atoms with Gasteiger partial charge in [0.25, 0.3) is 0 Å². The molecule has 0 aromatic carbocycles. The van der Waals surface area contributed by atoms with Gasteiger partial charge in [-0.15, -0.1) is 12.3 Å². The van der Waals surface area contributed by atoms with Crippen molar-refractivity contribution in [3.63, 3.8) is 0 Å². The second-order valence-corrected chi connectivity index (χ2v) is 4.70. The van der Waals surface area contributed by atoms with E-state index in [0.717, 1.165) is 16.0 Å². The summed E-state index contributed by atoms with van der Waals surface area (Å²) >= 11 is 1.69. The van der Waals surface area contributed by atoms with Gasteiger partial charge >= 0.3 is 5.97 Å². The van der Waals surface area contributed by atoms with Crippen LogP contribution in [0.3, 0.4) is 0 Å². The number of unbranched alkanes of at least 4 members (excludes halogenated alkanes) is 1. The van der Waals surface area contributed by atoms with E-state index in [4.69, 9.17) is 17.3 Å². The Kier molecular flexibility index (Phi) is 7.91. The molecule has 0 saturated heterocycles. The van der Waals surface area contributed by atoms with Crippen LogP contribution in [0.2, 0.25) is 0 Å². The molecule has 0 heterocycles. The van der Waals surface area contributed by atoms with Crippen LogP contribution in [0.15, 0.2) is 0 Å². The number of halogens is 1. The molecule has 0 rings (SSSR count). The maximum Gasteiger partial charge on any atom is 0.327 e. The molecule has 96 valence electrons. The van der Waals surface area contributed by atoms with Crippen molar-refractivity contribution in [3.05, 3.63) is 0 Å². The van der Waals surface area contributed by atoms with Gasteiger partial charge in [0.2, 0.25) is 5.91 Å². The summed E-state index contributed by atoms with van der Waals surface area (Å²) in [5, 5.41) is 9.05. The van der Waals surface area contributed by atoms with Gasteiger partial charge in [-0.05, 0) is 6.42 Å². The van der Waals surface area contributed by atoms with Crippen LogP contribution in [0.4, 0.5) is 0 Å². The first kappa shape index (κ1) is 16.2. The van der Waals surface area contributed by atoms with Gasteiger partial charge in [0, 0.05) is 6.42 Å². The number of carbonyl (C=O) groups is 2. The SMILES string of the molecule is C#CC[C@H](N)C(=O)N(I)[C@@H](CCCC)C(=O)O. The largest absolute Gasteiger partial charge is 0.480 e. The monoisotopic (exact) mass is 352 g/mol. The molecular formula is C11H17IN2O3. The lowest BCUT2D eigenvalue weighted by molar-refractivity contribution is -0.145. The zero-order valence-electron chi connectivity index (χ0n) is 9.73. The summed E-state index contributed by atoms with van der Waals surface area (Å²) in [5.41, 5.74) is 5.56. The quantitative estimate of drug-likeness (QED) is 0.409. The number of nitrogens with zero attached hydrogens (tertiary/aromatic N) is 1. The molecule has 0 aromatic heterocycles. The van der Waals surface area contributed by atoms with Gasteiger partial charge in [-0.25, -0.2) is 4.79 Å². The van der Waals surface area contributed by atoms with E-state index in [-0.39, 0.29) is 6.42 Å². The number of hydrogen-bond acceptors (Lipinski definition) is 3. The number of hydrogen-bond donors (Lipinski definition) is 2. The Morgan fingerprint density at radius 2 is 2.18 bits per heavy atom. The highest BCUT2D eigenvalue weighted by Gasteiger charge is 2.30. The van der Waals surface area contributed by atoms with Crippen LogP contribution in [-0.4, -0.2) is 32.2 Å². The molecule has 0 aliphatic heterocycles. The first-order chi connectivity index (χ1) is 7.95. The van der Waals surface area contributed by atoms with E-state index < -0.39 is 24.0 Å². The number of amides is 1. The lowest BCUT2D eigenvalue weighted by Crippen LogP contribution is -2.46. The lowest BCUT2D eigenvalue weighted by Gasteiger charge is -2.24. The summed E-state index contributed by atoms with van der Waals surface area (Å²) in [5.74, 6) is 0.834. The Morgan fingerprint density at radius 1 is 1.59 bits per heavy atom. The molecule has 0 saturated carbocycles. The van der Waals surface area contributed by atoms with Gasteiger partial charge in [-0.2, -0.15) is 0 Å². The second-order valence-electron chi connectivity index (χ2n) is 3.66. The number of terminal acetylenes is 1. The van der Waals surface area contributed by atoms with Crippen LogP contribution in [0, 0.1) is 12.3 Å². The van der Waals surface area contributed by atoms with Crippen LogP contribution in [0.25, 0.3) is 0 Å². The van der Waals surface area contributed by atoms with Crippen molar-refractivity contribution in [2.24, 2.45) is 5.73 Å². The van der Waals surface area contributed by atoms with E-state index >= 15 is 0 Å². The molecule has 0 unspecified atom stereocenters. The molecule has 1 amide bonds. The third-order valence-corrected chi connectivity index (χ3v) is 3.40. The van der Waals surface area contributed by atoms with Crippen molar-refractivity contribution in [1.29, 1.82) is 0 Å². The van der Waals surface area contributed by atoms with Crippen molar-refractivity contribution in [1.82, 2.24) is 3.11 Å². The predicted octanol–water partition coefficient (Wildman–Crippen LogP) is 1.16. The van der Waals surface area contributed by atoms with E-state index in [1.807, 2.05) is 6.92 Å². The highest BCUT2D eigenvalue weighted by Crippen LogP contribution is 2.16. The molecule has 0 aliphatic carbocycles. The Labute approximate surface area is 115 Å². The second kappa shape index (κ2) is 8.31. The van der Waals surface area contributed by atoms with Crippen LogP contribution < -0.4 is 5.73 Å². The molecule has 5 nitrogen and oxygen atoms in total. The highest BCUT2D eigenvalue weighted by molar-refractivity contribution is 14.1. The number of carboxylic acid groups (broad SMARTS) is 1. The third kappa shape index (κ3) is 5.37. The van der Waals surface area contributed by atoms with Crippen molar-refractivity contribution in [3.8, 4) is 12.3 Å². The highest BCUT2D eigenvalue weighted by atomic mass is 127. The summed E-state index contributed by atoms with van der Waals surface area (Å²) in [7, 11) is 0. The standard InChI is InChI=1S/C11H17IN2O3/c1-3-5-7-9(11(16)17)14(12)10(15)8(13)6-4-2/h2,8-9H,3,5-7,13H2,1H3,(H,16,17)/t8-,9-/m0/s1. The molecule has 17 heavy (non-hydrogen) atoms. The molecule has 2 atom stereocenters. The van der Waals surface area contributed by atoms with E-state index in [0.29, 0.717) is 6.42 Å². The summed E-state index contributed by atoms with van der Waals surface area (Å²) in [6.45, 7) is 1.96. The van der Waals surface area contributed by atoms with Crippen molar-refractivity contribution in [2.75, 3.05) is 0 Å². The number of carboxylic acids is 1. The van der Waals surface area contributed by atoms with Crippen molar-refractivity contribution < 1.29 is 14.7 Å². The summed E-state index contributed by atoms with van der Waals surface area (Å²) < 4.78 is 1.15. The maximum absolute atomic E-state index is 11.8. The first-order valence-electron chi connectivity index (χ1n) is 5.36. The average molecular weight is 352 g/mol. The molecule has 0 radical (unpaired) electrons. The lowest BCUT2D eigenvalue weighted by atomic mass is 10.1. The number of nitrogens with two attached hydrogens (primary N) is 1. The van der Waals surface area contributed by atoms with Gasteiger partial charge in [-0.1, -0.05) is 19.8 Å². The number of aliphatic carboxylic acids is 1. The molecule has 0 bridgehead atoms. The molecule has 0 spiro atoms. The fourth-order valence-corrected chi connectivity index (χ4v) is 2.13. The third-order valence-electron chi connectivity index (χ3n) is 2.26. The molecule has 0 fully saturated rings. The predicted molar refractivity (Wildman–Crippen MR) is 73.2 cm³/mol. The minimum absolute atomic E-state index is 0.110. The zero-order chi connectivity index (χ0) is 13.4. The Balaban J connectivity index is 4.60. The van der Waals surface area contributed by atoms with Crippen molar-refractivity contribution >= 4 is 34.7 Å². The van der Waals surface area contributed by atoms with E-state index in [1.54, 1.807) is 22.9 Å². The summed E-state index contributed by atoms with van der Waals surface area (Å²) in [6, 6.07) is -1.67. The molecule has 3 N–H and O–H groups in total. The Morgan fingerprint density at radius 3 is 2.59 bits per heavy atom. The maximum atomic E-state index is 11.8. The van der Waals surface area contributed by atoms with Gasteiger partial charge in [0.1, 0.15) is 6.04 Å². The van der Waals surface area contributed by atoms with Crippen LogP contribution >= 0.6 is 22.9 Å². The number of carbonyl (C=O) groups excluding carboxylic acids is 1.